The Morgan fingerprint density at radius 2 is 2.28 bits per heavy atom. The van der Waals surface area contributed by atoms with Gasteiger partial charge in [0.05, 0.1) is 12.5 Å². The predicted molar refractivity (Wildman–Crippen MR) is 98.5 cm³/mol. The number of pyridine rings is 1. The monoisotopic (exact) mass is 358 g/mol. The Bertz CT molecular complexity index is 732. The van der Waals surface area contributed by atoms with E-state index in [0.717, 1.165) is 23.3 Å². The zero-order chi connectivity index (χ0) is 17.6. The van der Waals surface area contributed by atoms with E-state index in [2.05, 4.69) is 15.6 Å². The number of nitrogens with one attached hydrogen (secondary N) is 2. The largest absolute Gasteiger partial charge is 0.333 e. The van der Waals surface area contributed by atoms with Crippen LogP contribution in [0.3, 0.4) is 0 Å². The Balaban J connectivity index is 1.53. The number of anilines is 1. The molecule has 6 nitrogen and oxygen atoms in total. The molecule has 2 aromatic heterocycles. The molecule has 0 spiro atoms. The number of piperidine rings is 1. The molecule has 2 aromatic rings. The minimum Gasteiger partial charge on any atom is -0.333 e. The van der Waals surface area contributed by atoms with Gasteiger partial charge in [0, 0.05) is 24.2 Å². The second-order valence-corrected chi connectivity index (χ2v) is 7.26. The van der Waals surface area contributed by atoms with E-state index in [4.69, 9.17) is 0 Å². The molecule has 0 aliphatic carbocycles. The van der Waals surface area contributed by atoms with Gasteiger partial charge in [0.2, 0.25) is 5.91 Å². The van der Waals surface area contributed by atoms with Crippen LogP contribution in [-0.2, 0) is 11.3 Å². The summed E-state index contributed by atoms with van der Waals surface area (Å²) in [6, 6.07) is 7.57. The van der Waals surface area contributed by atoms with E-state index in [1.165, 1.54) is 0 Å². The van der Waals surface area contributed by atoms with Gasteiger partial charge in [0.25, 0.3) is 0 Å². The van der Waals surface area contributed by atoms with Crippen LogP contribution >= 0.6 is 11.3 Å². The lowest BCUT2D eigenvalue weighted by atomic mass is 9.97. The lowest BCUT2D eigenvalue weighted by Gasteiger charge is -2.32. The van der Waals surface area contributed by atoms with Crippen LogP contribution in [0.5, 0.6) is 0 Å². The van der Waals surface area contributed by atoms with Crippen LogP contribution in [0.15, 0.2) is 35.8 Å². The standard InChI is InChI=1S/C18H22N4O2S/c1-13-6-7-19-16(10-13)21-17(23)14-4-2-8-22(12-14)18(24)20-11-15-5-3-9-25-15/h3,5-7,9-10,14H,2,4,8,11-12H2,1H3,(H,20,24)(H,19,21,23). The van der Waals surface area contributed by atoms with Gasteiger partial charge in [0.1, 0.15) is 5.82 Å². The number of aryl methyl sites for hydroxylation is 1. The minimum atomic E-state index is -0.205. The van der Waals surface area contributed by atoms with Crippen LogP contribution in [0.1, 0.15) is 23.3 Å². The number of rotatable bonds is 4. The number of carbonyl (C=O) groups is 2. The van der Waals surface area contributed by atoms with Crippen LogP contribution in [0.4, 0.5) is 10.6 Å². The highest BCUT2D eigenvalue weighted by molar-refractivity contribution is 7.09. The summed E-state index contributed by atoms with van der Waals surface area (Å²) < 4.78 is 0. The zero-order valence-corrected chi connectivity index (χ0v) is 15.0. The minimum absolute atomic E-state index is 0.0751. The molecule has 1 saturated heterocycles. The summed E-state index contributed by atoms with van der Waals surface area (Å²) in [5.41, 5.74) is 1.04. The van der Waals surface area contributed by atoms with Gasteiger partial charge < -0.3 is 15.5 Å². The fourth-order valence-electron chi connectivity index (χ4n) is 2.90. The number of amides is 3. The Morgan fingerprint density at radius 1 is 1.40 bits per heavy atom. The highest BCUT2D eigenvalue weighted by atomic mass is 32.1. The summed E-state index contributed by atoms with van der Waals surface area (Å²) in [6.07, 6.45) is 3.29. The summed E-state index contributed by atoms with van der Waals surface area (Å²) in [7, 11) is 0. The fraction of sp³-hybridized carbons (Fsp3) is 0.389. The molecule has 0 aromatic carbocycles. The number of aromatic nitrogens is 1. The number of hydrogen-bond acceptors (Lipinski definition) is 4. The van der Waals surface area contributed by atoms with Crippen LogP contribution in [0.25, 0.3) is 0 Å². The topological polar surface area (TPSA) is 74.3 Å². The lowest BCUT2D eigenvalue weighted by molar-refractivity contribution is -0.121. The highest BCUT2D eigenvalue weighted by Crippen LogP contribution is 2.19. The molecule has 7 heteroatoms. The van der Waals surface area contributed by atoms with Crippen molar-refractivity contribution in [1.29, 1.82) is 0 Å². The van der Waals surface area contributed by atoms with Crippen molar-refractivity contribution in [2.24, 2.45) is 5.92 Å². The van der Waals surface area contributed by atoms with E-state index < -0.39 is 0 Å². The molecular weight excluding hydrogens is 336 g/mol. The van der Waals surface area contributed by atoms with E-state index in [1.54, 1.807) is 22.4 Å². The normalized spacial score (nSPS) is 17.2. The maximum absolute atomic E-state index is 12.5. The number of likely N-dealkylation sites (tertiary alicyclic amines) is 1. The average molecular weight is 358 g/mol. The quantitative estimate of drug-likeness (QED) is 0.882. The molecule has 0 bridgehead atoms. The van der Waals surface area contributed by atoms with Gasteiger partial charge in [-0.05, 0) is 48.9 Å². The predicted octanol–water partition coefficient (Wildman–Crippen LogP) is 3.01. The Kier molecular flexibility index (Phi) is 5.65. The van der Waals surface area contributed by atoms with Crippen LogP contribution in [0.2, 0.25) is 0 Å². The van der Waals surface area contributed by atoms with E-state index >= 15 is 0 Å². The molecule has 3 amide bonds. The van der Waals surface area contributed by atoms with Gasteiger partial charge in [-0.1, -0.05) is 6.07 Å². The molecule has 2 N–H and O–H groups in total. The molecule has 1 aliphatic rings. The van der Waals surface area contributed by atoms with Crippen LogP contribution in [-0.4, -0.2) is 34.9 Å². The third-order valence-electron chi connectivity index (χ3n) is 4.24. The summed E-state index contributed by atoms with van der Waals surface area (Å²) in [6.45, 7) is 3.60. The van der Waals surface area contributed by atoms with E-state index in [-0.39, 0.29) is 17.9 Å². The van der Waals surface area contributed by atoms with Gasteiger partial charge in [-0.2, -0.15) is 0 Å². The average Bonchev–Trinajstić information content (AvgIpc) is 3.13. The molecule has 0 radical (unpaired) electrons. The van der Waals surface area contributed by atoms with Gasteiger partial charge in [-0.25, -0.2) is 9.78 Å². The summed E-state index contributed by atoms with van der Waals surface area (Å²) in [4.78, 5) is 31.8. The molecule has 1 atom stereocenters. The fourth-order valence-corrected chi connectivity index (χ4v) is 3.54. The van der Waals surface area contributed by atoms with Crippen molar-refractivity contribution in [3.63, 3.8) is 0 Å². The first-order valence-corrected chi connectivity index (χ1v) is 9.28. The first kappa shape index (κ1) is 17.4. The maximum atomic E-state index is 12.5. The molecule has 1 fully saturated rings. The van der Waals surface area contributed by atoms with Crippen molar-refractivity contribution in [2.45, 2.75) is 26.3 Å². The van der Waals surface area contributed by atoms with Crippen molar-refractivity contribution < 1.29 is 9.59 Å². The summed E-state index contributed by atoms with van der Waals surface area (Å²) >= 11 is 1.62. The van der Waals surface area contributed by atoms with Crippen molar-refractivity contribution in [2.75, 3.05) is 18.4 Å². The molecule has 3 rings (SSSR count). The zero-order valence-electron chi connectivity index (χ0n) is 14.2. The van der Waals surface area contributed by atoms with Gasteiger partial charge in [-0.3, -0.25) is 4.79 Å². The van der Waals surface area contributed by atoms with Crippen molar-refractivity contribution in [3.05, 3.63) is 46.3 Å². The second kappa shape index (κ2) is 8.11. The molecule has 3 heterocycles. The molecule has 1 aliphatic heterocycles. The SMILES string of the molecule is Cc1ccnc(NC(=O)C2CCCN(C(=O)NCc3cccs3)C2)c1. The van der Waals surface area contributed by atoms with E-state index in [0.29, 0.717) is 25.5 Å². The third kappa shape index (κ3) is 4.79. The van der Waals surface area contributed by atoms with Crippen molar-refractivity contribution >= 4 is 29.1 Å². The van der Waals surface area contributed by atoms with Crippen molar-refractivity contribution in [1.82, 2.24) is 15.2 Å². The second-order valence-electron chi connectivity index (χ2n) is 6.23. The molecule has 1 unspecified atom stereocenters. The Morgan fingerprint density at radius 3 is 3.04 bits per heavy atom. The van der Waals surface area contributed by atoms with Crippen molar-refractivity contribution in [3.8, 4) is 0 Å². The van der Waals surface area contributed by atoms with Gasteiger partial charge >= 0.3 is 6.03 Å². The number of thiophene rings is 1. The number of nitrogens with zero attached hydrogens (tertiary/aromatic N) is 2. The molecular formula is C18H22N4O2S. The number of hydrogen-bond donors (Lipinski definition) is 2. The third-order valence-corrected chi connectivity index (χ3v) is 5.12. The molecule has 132 valence electrons. The number of urea groups is 1. The molecule has 0 saturated carbocycles. The highest BCUT2D eigenvalue weighted by Gasteiger charge is 2.28. The lowest BCUT2D eigenvalue weighted by Crippen LogP contribution is -2.47. The van der Waals surface area contributed by atoms with Gasteiger partial charge in [0.15, 0.2) is 0 Å². The number of carbonyl (C=O) groups excluding carboxylic acids is 2. The van der Waals surface area contributed by atoms with E-state index in [1.807, 2.05) is 36.6 Å². The van der Waals surface area contributed by atoms with Crippen LogP contribution in [0, 0.1) is 12.8 Å². The maximum Gasteiger partial charge on any atom is 0.317 e. The first-order chi connectivity index (χ1) is 12.1. The van der Waals surface area contributed by atoms with Gasteiger partial charge in [-0.15, -0.1) is 11.3 Å². The summed E-state index contributed by atoms with van der Waals surface area (Å²) in [5.74, 6) is 0.279. The Labute approximate surface area is 151 Å². The Hall–Kier alpha value is -2.41. The summed E-state index contributed by atoms with van der Waals surface area (Å²) in [5, 5.41) is 7.77. The van der Waals surface area contributed by atoms with Crippen LogP contribution < -0.4 is 10.6 Å². The van der Waals surface area contributed by atoms with E-state index in [9.17, 15) is 9.59 Å². The smallest absolute Gasteiger partial charge is 0.317 e. The molecule has 25 heavy (non-hydrogen) atoms. The first-order valence-electron chi connectivity index (χ1n) is 8.40.